The van der Waals surface area contributed by atoms with Crippen molar-refractivity contribution in [2.24, 2.45) is 0 Å². The molecule has 0 amide bonds. The van der Waals surface area contributed by atoms with Crippen LogP contribution in [0.5, 0.6) is 0 Å². The van der Waals surface area contributed by atoms with Gasteiger partial charge in [-0.25, -0.2) is 22.8 Å². The summed E-state index contributed by atoms with van der Waals surface area (Å²) in [5.41, 5.74) is 0. The van der Waals surface area contributed by atoms with Crippen LogP contribution in [0, 0.1) is 12.7 Å². The van der Waals surface area contributed by atoms with Crippen molar-refractivity contribution in [1.29, 1.82) is 0 Å². The molecule has 0 radical (unpaired) electrons. The van der Waals surface area contributed by atoms with E-state index in [1.165, 1.54) is 0 Å². The first-order valence-corrected chi connectivity index (χ1v) is 11.8. The average molecular weight is 450 g/mol. The molecular weight excluding hydrogens is 425 g/mol. The zero-order valence-electron chi connectivity index (χ0n) is 17.4. The second-order valence-electron chi connectivity index (χ2n) is 7.70. The van der Waals surface area contributed by atoms with Crippen LogP contribution < -0.4 is 0 Å². The summed E-state index contributed by atoms with van der Waals surface area (Å²) < 4.78 is 52.3. The predicted octanol–water partition coefficient (Wildman–Crippen LogP) is 2.67. The number of rotatable bonds is 7. The standard InChI is InChI=1S/C20H24FN5O4S/c1-13-3-4-17(30-13)20-25-24-19(26(20)16-5-7-29-8-6-16)12-31(27,28)14(2)9-18-22-10-15(21)11-23-18/h3-4,10-11,14,16H,5-9,12H2,1-2H3/t14-/m1/s1. The summed E-state index contributed by atoms with van der Waals surface area (Å²) in [5.74, 6) is 1.59. The first kappa shape index (κ1) is 21.6. The highest BCUT2D eigenvalue weighted by atomic mass is 32.2. The smallest absolute Gasteiger partial charge is 0.200 e. The molecule has 1 aliphatic rings. The number of nitrogens with zero attached hydrogens (tertiary/aromatic N) is 5. The molecule has 0 bridgehead atoms. The maximum absolute atomic E-state index is 13.1. The van der Waals surface area contributed by atoms with E-state index in [0.29, 0.717) is 30.6 Å². The SMILES string of the molecule is Cc1ccc(-c2nnc(CS(=O)(=O)[C@H](C)Cc3ncc(F)cn3)n2C2CCOCC2)o1. The van der Waals surface area contributed by atoms with Gasteiger partial charge in [-0.3, -0.25) is 0 Å². The van der Waals surface area contributed by atoms with E-state index in [2.05, 4.69) is 20.2 Å². The molecule has 0 spiro atoms. The van der Waals surface area contributed by atoms with Crippen LogP contribution in [0.15, 0.2) is 28.9 Å². The number of aromatic nitrogens is 5. The maximum atomic E-state index is 13.1. The van der Waals surface area contributed by atoms with Gasteiger partial charge in [-0.05, 0) is 38.8 Å². The fourth-order valence-electron chi connectivity index (χ4n) is 3.62. The molecule has 1 aliphatic heterocycles. The highest BCUT2D eigenvalue weighted by Crippen LogP contribution is 2.30. The molecule has 0 aliphatic carbocycles. The minimum absolute atomic E-state index is 0.0186. The zero-order chi connectivity index (χ0) is 22.0. The Morgan fingerprint density at radius 2 is 1.90 bits per heavy atom. The Labute approximate surface area is 179 Å². The third-order valence-corrected chi connectivity index (χ3v) is 7.42. The van der Waals surface area contributed by atoms with Gasteiger partial charge in [0.25, 0.3) is 0 Å². The van der Waals surface area contributed by atoms with E-state index in [1.54, 1.807) is 6.92 Å². The molecule has 4 rings (SSSR count). The third kappa shape index (κ3) is 4.82. The van der Waals surface area contributed by atoms with Gasteiger partial charge in [-0.15, -0.1) is 10.2 Å². The van der Waals surface area contributed by atoms with Gasteiger partial charge >= 0.3 is 0 Å². The Morgan fingerprint density at radius 3 is 2.55 bits per heavy atom. The largest absolute Gasteiger partial charge is 0.458 e. The van der Waals surface area contributed by atoms with Crippen molar-refractivity contribution in [3.8, 4) is 11.6 Å². The van der Waals surface area contributed by atoms with E-state index < -0.39 is 20.9 Å². The Balaban J connectivity index is 1.62. The average Bonchev–Trinajstić information content (AvgIpc) is 3.36. The van der Waals surface area contributed by atoms with Crippen molar-refractivity contribution < 1.29 is 22.0 Å². The van der Waals surface area contributed by atoms with Crippen LogP contribution in [-0.2, 0) is 26.7 Å². The van der Waals surface area contributed by atoms with Crippen LogP contribution in [0.2, 0.25) is 0 Å². The number of ether oxygens (including phenoxy) is 1. The quantitative estimate of drug-likeness (QED) is 0.541. The molecule has 0 N–H and O–H groups in total. The van der Waals surface area contributed by atoms with Crippen LogP contribution in [0.25, 0.3) is 11.6 Å². The fraction of sp³-hybridized carbons (Fsp3) is 0.500. The van der Waals surface area contributed by atoms with Crippen LogP contribution in [0.1, 0.15) is 43.2 Å². The Morgan fingerprint density at radius 1 is 1.19 bits per heavy atom. The Bertz CT molecular complexity index is 1140. The number of hydrogen-bond donors (Lipinski definition) is 0. The van der Waals surface area contributed by atoms with Crippen molar-refractivity contribution in [3.63, 3.8) is 0 Å². The van der Waals surface area contributed by atoms with E-state index in [4.69, 9.17) is 9.15 Å². The first-order valence-electron chi connectivity index (χ1n) is 10.1. The molecule has 166 valence electrons. The van der Waals surface area contributed by atoms with Gasteiger partial charge in [0.15, 0.2) is 27.2 Å². The normalized spacial score (nSPS) is 16.5. The third-order valence-electron chi connectivity index (χ3n) is 5.37. The molecule has 11 heteroatoms. The molecule has 3 aromatic heterocycles. The van der Waals surface area contributed by atoms with E-state index in [-0.39, 0.29) is 24.0 Å². The van der Waals surface area contributed by atoms with Crippen LogP contribution >= 0.6 is 0 Å². The molecule has 0 aromatic carbocycles. The Hall–Kier alpha value is -2.66. The second kappa shape index (κ2) is 8.83. The molecule has 1 saturated heterocycles. The number of halogens is 1. The van der Waals surface area contributed by atoms with E-state index in [1.807, 2.05) is 23.6 Å². The molecular formula is C20H24FN5O4S. The highest BCUT2D eigenvalue weighted by molar-refractivity contribution is 7.91. The lowest BCUT2D eigenvalue weighted by molar-refractivity contribution is 0.0692. The zero-order valence-corrected chi connectivity index (χ0v) is 18.2. The second-order valence-corrected chi connectivity index (χ2v) is 10.1. The summed E-state index contributed by atoms with van der Waals surface area (Å²) in [6.45, 7) is 4.60. The number of furan rings is 1. The maximum Gasteiger partial charge on any atom is 0.200 e. The predicted molar refractivity (Wildman–Crippen MR) is 109 cm³/mol. The summed E-state index contributed by atoms with van der Waals surface area (Å²) in [6.07, 6.45) is 3.61. The van der Waals surface area contributed by atoms with Crippen molar-refractivity contribution >= 4 is 9.84 Å². The summed E-state index contributed by atoms with van der Waals surface area (Å²) in [4.78, 5) is 7.73. The minimum atomic E-state index is -3.61. The number of aryl methyl sites for hydroxylation is 1. The molecule has 1 atom stereocenters. The molecule has 31 heavy (non-hydrogen) atoms. The van der Waals surface area contributed by atoms with E-state index in [9.17, 15) is 12.8 Å². The van der Waals surface area contributed by atoms with Gasteiger partial charge in [0, 0.05) is 25.7 Å². The molecule has 1 fully saturated rings. The van der Waals surface area contributed by atoms with Crippen molar-refractivity contribution in [1.82, 2.24) is 24.7 Å². The van der Waals surface area contributed by atoms with Gasteiger partial charge in [0.2, 0.25) is 0 Å². The molecule has 9 nitrogen and oxygen atoms in total. The summed E-state index contributed by atoms with van der Waals surface area (Å²) in [5, 5.41) is 7.70. The topological polar surface area (TPSA) is 113 Å². The van der Waals surface area contributed by atoms with Gasteiger partial charge in [-0.2, -0.15) is 0 Å². The summed E-state index contributed by atoms with van der Waals surface area (Å²) >= 11 is 0. The van der Waals surface area contributed by atoms with Gasteiger partial charge in [-0.1, -0.05) is 0 Å². The van der Waals surface area contributed by atoms with Gasteiger partial charge in [0.05, 0.1) is 17.6 Å². The lowest BCUT2D eigenvalue weighted by Crippen LogP contribution is -2.27. The van der Waals surface area contributed by atoms with Crippen LogP contribution in [0.4, 0.5) is 4.39 Å². The molecule has 3 aromatic rings. The number of hydrogen-bond acceptors (Lipinski definition) is 8. The van der Waals surface area contributed by atoms with E-state index in [0.717, 1.165) is 31.0 Å². The van der Waals surface area contributed by atoms with Crippen molar-refractivity contribution in [2.75, 3.05) is 13.2 Å². The minimum Gasteiger partial charge on any atom is -0.458 e. The van der Waals surface area contributed by atoms with Crippen LogP contribution in [-0.4, -0.2) is 51.6 Å². The van der Waals surface area contributed by atoms with Gasteiger partial charge in [0.1, 0.15) is 23.2 Å². The summed E-state index contributed by atoms with van der Waals surface area (Å²) in [7, 11) is -3.61. The van der Waals surface area contributed by atoms with Crippen LogP contribution in [0.3, 0.4) is 0 Å². The Kier molecular flexibility index (Phi) is 6.15. The van der Waals surface area contributed by atoms with Crippen molar-refractivity contribution in [2.45, 2.75) is 50.2 Å². The first-order chi connectivity index (χ1) is 14.8. The molecule has 4 heterocycles. The van der Waals surface area contributed by atoms with Crippen molar-refractivity contribution in [3.05, 3.63) is 47.8 Å². The lowest BCUT2D eigenvalue weighted by atomic mass is 10.1. The highest BCUT2D eigenvalue weighted by Gasteiger charge is 2.30. The molecule has 0 saturated carbocycles. The molecule has 0 unspecified atom stereocenters. The van der Waals surface area contributed by atoms with E-state index >= 15 is 0 Å². The lowest BCUT2D eigenvalue weighted by Gasteiger charge is -2.26. The fourth-order valence-corrected chi connectivity index (χ4v) is 4.87. The monoisotopic (exact) mass is 449 g/mol. The summed E-state index contributed by atoms with van der Waals surface area (Å²) in [6, 6.07) is 3.66. The number of sulfone groups is 1. The van der Waals surface area contributed by atoms with Gasteiger partial charge < -0.3 is 13.7 Å².